The third-order valence-electron chi connectivity index (χ3n) is 2.99. The lowest BCUT2D eigenvalue weighted by atomic mass is 10.2. The first-order valence-electron chi connectivity index (χ1n) is 7.39. The van der Waals surface area contributed by atoms with Crippen molar-refractivity contribution in [3.63, 3.8) is 0 Å². The summed E-state index contributed by atoms with van der Waals surface area (Å²) in [5.41, 5.74) is 1.07. The lowest BCUT2D eigenvalue weighted by molar-refractivity contribution is -0.121. The van der Waals surface area contributed by atoms with Crippen LogP contribution >= 0.6 is 0 Å². The lowest BCUT2D eigenvalue weighted by Crippen LogP contribution is -2.23. The fraction of sp³-hybridized carbons (Fsp3) is 0.562. The summed E-state index contributed by atoms with van der Waals surface area (Å²) in [6.45, 7) is 4.32. The minimum atomic E-state index is 0.0950. The number of hydrogen-bond acceptors (Lipinski definition) is 3. The summed E-state index contributed by atoms with van der Waals surface area (Å²) < 4.78 is 5.65. The molecule has 0 radical (unpaired) electrons. The molecule has 1 rings (SSSR count). The quantitative estimate of drug-likeness (QED) is 0.646. The van der Waals surface area contributed by atoms with Crippen molar-refractivity contribution in [2.24, 2.45) is 0 Å². The minimum absolute atomic E-state index is 0.0950. The fourth-order valence-corrected chi connectivity index (χ4v) is 1.79. The van der Waals surface area contributed by atoms with Crippen molar-refractivity contribution in [2.45, 2.75) is 39.2 Å². The van der Waals surface area contributed by atoms with Crippen molar-refractivity contribution in [3.8, 4) is 5.75 Å². The summed E-state index contributed by atoms with van der Waals surface area (Å²) in [7, 11) is 1.89. The Labute approximate surface area is 121 Å². The second-order valence-corrected chi connectivity index (χ2v) is 4.83. The zero-order valence-electron chi connectivity index (χ0n) is 12.6. The van der Waals surface area contributed by atoms with Gasteiger partial charge in [-0.05, 0) is 44.1 Å². The lowest BCUT2D eigenvalue weighted by Gasteiger charge is -2.09. The van der Waals surface area contributed by atoms with Gasteiger partial charge < -0.3 is 15.4 Å². The van der Waals surface area contributed by atoms with Crippen LogP contribution in [0, 0.1) is 0 Å². The molecule has 20 heavy (non-hydrogen) atoms. The van der Waals surface area contributed by atoms with Crippen LogP contribution in [-0.2, 0) is 11.3 Å². The molecule has 112 valence electrons. The highest BCUT2D eigenvalue weighted by atomic mass is 16.5. The molecule has 2 N–H and O–H groups in total. The Bertz CT molecular complexity index is 394. The van der Waals surface area contributed by atoms with E-state index in [1.165, 1.54) is 0 Å². The van der Waals surface area contributed by atoms with Crippen LogP contribution in [0.3, 0.4) is 0 Å². The minimum Gasteiger partial charge on any atom is -0.494 e. The molecule has 0 atom stereocenters. The molecule has 0 aliphatic carbocycles. The van der Waals surface area contributed by atoms with Gasteiger partial charge in [-0.25, -0.2) is 0 Å². The third kappa shape index (κ3) is 7.14. The molecule has 0 aliphatic rings. The summed E-state index contributed by atoms with van der Waals surface area (Å²) in [4.78, 5) is 11.6. The summed E-state index contributed by atoms with van der Waals surface area (Å²) >= 11 is 0. The molecule has 0 unspecified atom stereocenters. The van der Waals surface area contributed by atoms with Crippen LogP contribution in [0.4, 0.5) is 0 Å². The van der Waals surface area contributed by atoms with Gasteiger partial charge in [0, 0.05) is 13.0 Å². The van der Waals surface area contributed by atoms with E-state index in [4.69, 9.17) is 4.74 Å². The van der Waals surface area contributed by atoms with Gasteiger partial charge in [-0.1, -0.05) is 25.5 Å². The Kier molecular flexibility index (Phi) is 8.47. The van der Waals surface area contributed by atoms with E-state index in [0.29, 0.717) is 13.0 Å². The van der Waals surface area contributed by atoms with Crippen molar-refractivity contribution in [3.05, 3.63) is 29.8 Å². The second kappa shape index (κ2) is 10.3. The average Bonchev–Trinajstić information content (AvgIpc) is 2.46. The molecule has 0 aliphatic heterocycles. The molecule has 4 nitrogen and oxygen atoms in total. The van der Waals surface area contributed by atoms with Gasteiger partial charge in [-0.15, -0.1) is 0 Å². The number of hydrogen-bond donors (Lipinski definition) is 2. The van der Waals surface area contributed by atoms with Crippen LogP contribution in [0.1, 0.15) is 38.2 Å². The molecule has 0 aromatic heterocycles. The maximum absolute atomic E-state index is 11.6. The second-order valence-electron chi connectivity index (χ2n) is 4.83. The van der Waals surface area contributed by atoms with Crippen molar-refractivity contribution in [1.29, 1.82) is 0 Å². The van der Waals surface area contributed by atoms with E-state index >= 15 is 0 Å². The monoisotopic (exact) mass is 278 g/mol. The third-order valence-corrected chi connectivity index (χ3v) is 2.99. The van der Waals surface area contributed by atoms with E-state index in [9.17, 15) is 4.79 Å². The molecule has 0 heterocycles. The van der Waals surface area contributed by atoms with Crippen LogP contribution < -0.4 is 15.4 Å². The average molecular weight is 278 g/mol. The van der Waals surface area contributed by atoms with Gasteiger partial charge in [0.2, 0.25) is 5.91 Å². The Morgan fingerprint density at radius 2 is 2.15 bits per heavy atom. The van der Waals surface area contributed by atoms with Gasteiger partial charge in [0.05, 0.1) is 6.61 Å². The van der Waals surface area contributed by atoms with Crippen LogP contribution in [0.5, 0.6) is 5.75 Å². The van der Waals surface area contributed by atoms with Crippen molar-refractivity contribution in [1.82, 2.24) is 10.6 Å². The van der Waals surface area contributed by atoms with Crippen LogP contribution in [0.2, 0.25) is 0 Å². The van der Waals surface area contributed by atoms with E-state index < -0.39 is 0 Å². The number of amides is 1. The number of ether oxygens (including phenoxy) is 1. The van der Waals surface area contributed by atoms with Crippen LogP contribution in [0.15, 0.2) is 24.3 Å². The molecule has 1 amide bonds. The van der Waals surface area contributed by atoms with Gasteiger partial charge in [-0.2, -0.15) is 0 Å². The van der Waals surface area contributed by atoms with Crippen molar-refractivity contribution < 1.29 is 9.53 Å². The number of carbonyl (C=O) groups is 1. The Morgan fingerprint density at radius 1 is 1.30 bits per heavy atom. The smallest absolute Gasteiger partial charge is 0.220 e. The summed E-state index contributed by atoms with van der Waals surface area (Å²) in [5, 5.41) is 5.96. The molecular formula is C16H26N2O2. The number of benzene rings is 1. The van der Waals surface area contributed by atoms with Gasteiger partial charge >= 0.3 is 0 Å². The first-order valence-corrected chi connectivity index (χ1v) is 7.39. The number of unbranched alkanes of at least 4 members (excludes halogenated alkanes) is 1. The largest absolute Gasteiger partial charge is 0.494 e. The van der Waals surface area contributed by atoms with E-state index in [1.54, 1.807) is 0 Å². The Balaban J connectivity index is 2.32. The first kappa shape index (κ1) is 16.5. The maximum atomic E-state index is 11.6. The number of nitrogens with one attached hydrogen (secondary N) is 2. The van der Waals surface area contributed by atoms with Gasteiger partial charge in [0.15, 0.2) is 0 Å². The van der Waals surface area contributed by atoms with Gasteiger partial charge in [-0.3, -0.25) is 4.79 Å². The normalized spacial score (nSPS) is 10.3. The van der Waals surface area contributed by atoms with Crippen LogP contribution in [0.25, 0.3) is 0 Å². The molecular weight excluding hydrogens is 252 g/mol. The molecule has 0 saturated heterocycles. The Morgan fingerprint density at radius 3 is 2.90 bits per heavy atom. The van der Waals surface area contributed by atoms with Gasteiger partial charge in [0.25, 0.3) is 0 Å². The summed E-state index contributed by atoms with van der Waals surface area (Å²) in [6, 6.07) is 7.90. The molecule has 4 heteroatoms. The number of rotatable bonds is 10. The molecule has 0 bridgehead atoms. The molecule has 0 spiro atoms. The standard InChI is InChI=1S/C16H26N2O2/c1-3-4-11-20-15-8-5-7-14(12-15)13-18-16(19)9-6-10-17-2/h5,7-8,12,17H,3-4,6,9-11,13H2,1-2H3,(H,18,19). The predicted molar refractivity (Wildman–Crippen MR) is 81.9 cm³/mol. The first-order chi connectivity index (χ1) is 9.76. The zero-order valence-corrected chi connectivity index (χ0v) is 12.6. The van der Waals surface area contributed by atoms with E-state index in [2.05, 4.69) is 17.6 Å². The topological polar surface area (TPSA) is 50.4 Å². The molecule has 1 aromatic carbocycles. The highest BCUT2D eigenvalue weighted by Crippen LogP contribution is 2.13. The summed E-state index contributed by atoms with van der Waals surface area (Å²) in [5.74, 6) is 0.970. The van der Waals surface area contributed by atoms with Crippen LogP contribution in [-0.4, -0.2) is 26.1 Å². The molecule has 1 aromatic rings. The molecule has 0 fully saturated rings. The molecule has 0 saturated carbocycles. The zero-order chi connectivity index (χ0) is 14.6. The Hall–Kier alpha value is -1.55. The number of carbonyl (C=O) groups excluding carboxylic acids is 1. The van der Waals surface area contributed by atoms with Gasteiger partial charge in [0.1, 0.15) is 5.75 Å². The highest BCUT2D eigenvalue weighted by Gasteiger charge is 2.02. The SMILES string of the molecule is CCCCOc1cccc(CNC(=O)CCCNC)c1. The highest BCUT2D eigenvalue weighted by molar-refractivity contribution is 5.75. The maximum Gasteiger partial charge on any atom is 0.220 e. The predicted octanol–water partition coefficient (Wildman–Crippen LogP) is 2.48. The fourth-order valence-electron chi connectivity index (χ4n) is 1.79. The van der Waals surface area contributed by atoms with E-state index in [1.807, 2.05) is 31.3 Å². The summed E-state index contributed by atoms with van der Waals surface area (Å²) in [6.07, 6.45) is 3.62. The van der Waals surface area contributed by atoms with Crippen molar-refractivity contribution >= 4 is 5.91 Å². The van der Waals surface area contributed by atoms with Crippen molar-refractivity contribution in [2.75, 3.05) is 20.2 Å². The van der Waals surface area contributed by atoms with E-state index in [-0.39, 0.29) is 5.91 Å². The van der Waals surface area contributed by atoms with E-state index in [0.717, 1.165) is 43.7 Å².